The van der Waals surface area contributed by atoms with Crippen LogP contribution in [0.15, 0.2) is 47.4 Å². The van der Waals surface area contributed by atoms with E-state index in [0.717, 1.165) is 31.5 Å². The summed E-state index contributed by atoms with van der Waals surface area (Å²) in [7, 11) is -2.13. The number of anilines is 1. The molecule has 2 aromatic rings. The van der Waals surface area contributed by atoms with Crippen LogP contribution in [0, 0.1) is 12.7 Å². The largest absolute Gasteiger partial charge is 0.339 e. The Morgan fingerprint density at radius 3 is 2.32 bits per heavy atom. The maximum Gasteiger partial charge on any atom is 0.261 e. The molecule has 1 N–H and O–H groups in total. The van der Waals surface area contributed by atoms with Gasteiger partial charge in [-0.1, -0.05) is 6.07 Å². The molecule has 1 aliphatic heterocycles. The van der Waals surface area contributed by atoms with Gasteiger partial charge < -0.3 is 9.80 Å². The van der Waals surface area contributed by atoms with E-state index in [1.54, 1.807) is 24.9 Å². The van der Waals surface area contributed by atoms with Crippen LogP contribution in [0.3, 0.4) is 0 Å². The minimum atomic E-state index is -3.92. The first-order valence-corrected chi connectivity index (χ1v) is 12.0. The summed E-state index contributed by atoms with van der Waals surface area (Å²) in [5.41, 5.74) is 1.34. The van der Waals surface area contributed by atoms with Crippen molar-refractivity contribution in [3.63, 3.8) is 0 Å². The average Bonchev–Trinajstić information content (AvgIpc) is 2.74. The Morgan fingerprint density at radius 1 is 1.13 bits per heavy atom. The second-order valence-electron chi connectivity index (χ2n) is 8.37. The summed E-state index contributed by atoms with van der Waals surface area (Å²) in [5, 5.41) is 0. The molecular formula is C23H30FN3O3S. The van der Waals surface area contributed by atoms with Gasteiger partial charge in [0, 0.05) is 43.5 Å². The van der Waals surface area contributed by atoms with Crippen molar-refractivity contribution in [2.45, 2.75) is 50.6 Å². The van der Waals surface area contributed by atoms with Crippen molar-refractivity contribution in [2.75, 3.05) is 24.9 Å². The summed E-state index contributed by atoms with van der Waals surface area (Å²) in [6, 6.07) is 10.2. The summed E-state index contributed by atoms with van der Waals surface area (Å²) in [6.07, 6.45) is 1.78. The quantitative estimate of drug-likeness (QED) is 0.730. The molecule has 1 fully saturated rings. The predicted molar refractivity (Wildman–Crippen MR) is 120 cm³/mol. The first-order chi connectivity index (χ1) is 14.6. The van der Waals surface area contributed by atoms with E-state index in [1.165, 1.54) is 36.4 Å². The van der Waals surface area contributed by atoms with Gasteiger partial charge in [-0.25, -0.2) is 12.8 Å². The first kappa shape index (κ1) is 23.2. The highest BCUT2D eigenvalue weighted by molar-refractivity contribution is 7.92. The van der Waals surface area contributed by atoms with Crippen LogP contribution in [0.25, 0.3) is 0 Å². The van der Waals surface area contributed by atoms with E-state index in [2.05, 4.69) is 23.5 Å². The number of likely N-dealkylation sites (tertiary alicyclic amines) is 1. The number of benzene rings is 2. The second-order valence-corrected chi connectivity index (χ2v) is 10.0. The Hall–Kier alpha value is -2.45. The lowest BCUT2D eigenvalue weighted by molar-refractivity contribution is 0.0614. The third kappa shape index (κ3) is 5.43. The average molecular weight is 448 g/mol. The highest BCUT2D eigenvalue weighted by Gasteiger charge is 2.28. The van der Waals surface area contributed by atoms with E-state index in [4.69, 9.17) is 0 Å². The lowest BCUT2D eigenvalue weighted by atomic mass is 10.0. The number of nitrogens with zero attached hydrogens (tertiary/aromatic N) is 2. The third-order valence-electron chi connectivity index (χ3n) is 5.94. The zero-order valence-corrected chi connectivity index (χ0v) is 19.2. The molecule has 0 spiro atoms. The number of hydrogen-bond donors (Lipinski definition) is 1. The summed E-state index contributed by atoms with van der Waals surface area (Å²) in [6.45, 7) is 8.02. The fourth-order valence-electron chi connectivity index (χ4n) is 3.88. The number of piperidine rings is 1. The SMILES string of the molecule is Cc1ccc(S(=O)(=O)Nc2ccc(F)cc2)cc1C(=O)N(C)C1CCN(C(C)C)CC1. The lowest BCUT2D eigenvalue weighted by Gasteiger charge is -2.38. The van der Waals surface area contributed by atoms with Gasteiger partial charge in [-0.05, 0) is 75.6 Å². The summed E-state index contributed by atoms with van der Waals surface area (Å²) >= 11 is 0. The molecule has 31 heavy (non-hydrogen) atoms. The molecule has 3 rings (SSSR count). The molecule has 0 saturated carbocycles. The van der Waals surface area contributed by atoms with E-state index < -0.39 is 15.8 Å². The van der Waals surface area contributed by atoms with Crippen LogP contribution in [0.4, 0.5) is 10.1 Å². The van der Waals surface area contributed by atoms with Gasteiger partial charge in [-0.3, -0.25) is 9.52 Å². The van der Waals surface area contributed by atoms with E-state index in [-0.39, 0.29) is 22.5 Å². The molecule has 168 valence electrons. The molecule has 0 unspecified atom stereocenters. The minimum absolute atomic E-state index is 0.00574. The highest BCUT2D eigenvalue weighted by atomic mass is 32.2. The Bertz CT molecular complexity index is 1030. The zero-order valence-electron chi connectivity index (χ0n) is 18.4. The van der Waals surface area contributed by atoms with Crippen LogP contribution in [0.2, 0.25) is 0 Å². The van der Waals surface area contributed by atoms with Gasteiger partial charge in [-0.15, -0.1) is 0 Å². The highest BCUT2D eigenvalue weighted by Crippen LogP contribution is 2.23. The molecule has 0 aromatic heterocycles. The number of carbonyl (C=O) groups excluding carboxylic acids is 1. The van der Waals surface area contributed by atoms with Gasteiger partial charge in [0.15, 0.2) is 0 Å². The predicted octanol–water partition coefficient (Wildman–Crippen LogP) is 3.88. The van der Waals surface area contributed by atoms with Crippen LogP contribution in [-0.2, 0) is 10.0 Å². The molecule has 1 aliphatic rings. The van der Waals surface area contributed by atoms with Crippen LogP contribution >= 0.6 is 0 Å². The number of sulfonamides is 1. The molecule has 0 aliphatic carbocycles. The van der Waals surface area contributed by atoms with E-state index in [0.29, 0.717) is 11.6 Å². The fraction of sp³-hybridized carbons (Fsp3) is 0.435. The monoisotopic (exact) mass is 447 g/mol. The smallest absolute Gasteiger partial charge is 0.261 e. The summed E-state index contributed by atoms with van der Waals surface area (Å²) < 4.78 is 41.1. The van der Waals surface area contributed by atoms with Crippen molar-refractivity contribution in [1.29, 1.82) is 0 Å². The second kappa shape index (κ2) is 9.36. The summed E-state index contributed by atoms with van der Waals surface area (Å²) in [5.74, 6) is -0.632. The normalized spacial score (nSPS) is 15.8. The minimum Gasteiger partial charge on any atom is -0.339 e. The molecule has 0 bridgehead atoms. The number of carbonyl (C=O) groups is 1. The van der Waals surface area contributed by atoms with Gasteiger partial charge in [0.25, 0.3) is 15.9 Å². The Labute approximate surface area is 184 Å². The van der Waals surface area contributed by atoms with Crippen LogP contribution in [0.1, 0.15) is 42.6 Å². The van der Waals surface area contributed by atoms with Gasteiger partial charge in [-0.2, -0.15) is 0 Å². The molecule has 8 heteroatoms. The molecule has 6 nitrogen and oxygen atoms in total. The number of aryl methyl sites for hydroxylation is 1. The van der Waals surface area contributed by atoms with Gasteiger partial charge in [0.2, 0.25) is 0 Å². The molecule has 0 atom stereocenters. The maximum atomic E-state index is 13.2. The van der Waals surface area contributed by atoms with Crippen molar-refractivity contribution in [3.8, 4) is 0 Å². The van der Waals surface area contributed by atoms with Crippen molar-refractivity contribution in [1.82, 2.24) is 9.80 Å². The van der Waals surface area contributed by atoms with Gasteiger partial charge in [0.05, 0.1) is 4.90 Å². The molecular weight excluding hydrogens is 417 g/mol. The molecule has 1 amide bonds. The number of nitrogens with one attached hydrogen (secondary N) is 1. The number of hydrogen-bond acceptors (Lipinski definition) is 4. The van der Waals surface area contributed by atoms with Crippen LogP contribution in [0.5, 0.6) is 0 Å². The van der Waals surface area contributed by atoms with Gasteiger partial charge >= 0.3 is 0 Å². The van der Waals surface area contributed by atoms with Crippen molar-refractivity contribution in [2.24, 2.45) is 0 Å². The topological polar surface area (TPSA) is 69.7 Å². The standard InChI is InChI=1S/C23H30FN3O3S/c1-16(2)27-13-11-20(12-14-27)26(4)23(28)22-15-21(10-5-17(22)3)31(29,30)25-19-8-6-18(24)7-9-19/h5-10,15-16,20,25H,11-14H2,1-4H3. The molecule has 0 radical (unpaired) electrons. The van der Waals surface area contributed by atoms with E-state index in [1.807, 2.05) is 0 Å². The molecule has 1 heterocycles. The zero-order chi connectivity index (χ0) is 22.8. The number of amides is 1. The Morgan fingerprint density at radius 2 is 1.74 bits per heavy atom. The Kier molecular flexibility index (Phi) is 7.01. The number of halogens is 1. The van der Waals surface area contributed by atoms with Crippen molar-refractivity contribution < 1.29 is 17.6 Å². The number of rotatable bonds is 6. The van der Waals surface area contributed by atoms with Crippen molar-refractivity contribution in [3.05, 3.63) is 59.4 Å². The maximum absolute atomic E-state index is 13.2. The molecule has 2 aromatic carbocycles. The van der Waals surface area contributed by atoms with E-state index >= 15 is 0 Å². The van der Waals surface area contributed by atoms with Crippen LogP contribution < -0.4 is 4.72 Å². The Balaban J connectivity index is 1.78. The first-order valence-electron chi connectivity index (χ1n) is 10.5. The third-order valence-corrected chi connectivity index (χ3v) is 7.32. The lowest BCUT2D eigenvalue weighted by Crippen LogP contribution is -2.47. The van der Waals surface area contributed by atoms with Gasteiger partial charge in [0.1, 0.15) is 5.82 Å². The van der Waals surface area contributed by atoms with E-state index in [9.17, 15) is 17.6 Å². The van der Waals surface area contributed by atoms with Crippen molar-refractivity contribution >= 4 is 21.6 Å². The van der Waals surface area contributed by atoms with Crippen LogP contribution in [-0.4, -0.2) is 56.3 Å². The fourth-order valence-corrected chi connectivity index (χ4v) is 4.96. The molecule has 1 saturated heterocycles. The summed E-state index contributed by atoms with van der Waals surface area (Å²) in [4.78, 5) is 17.3.